The Hall–Kier alpha value is -2.63. The van der Waals surface area contributed by atoms with Crippen LogP contribution in [0.5, 0.6) is 0 Å². The van der Waals surface area contributed by atoms with Gasteiger partial charge in [-0.05, 0) is 12.0 Å². The van der Waals surface area contributed by atoms with E-state index in [9.17, 15) is 9.59 Å². The highest BCUT2D eigenvalue weighted by Crippen LogP contribution is 2.20. The summed E-state index contributed by atoms with van der Waals surface area (Å²) in [5, 5.41) is 5.44. The Kier molecular flexibility index (Phi) is 5.91. The van der Waals surface area contributed by atoms with Crippen molar-refractivity contribution in [2.45, 2.75) is 32.7 Å². The number of rotatable bonds is 7. The van der Waals surface area contributed by atoms with Crippen LogP contribution < -0.4 is 10.6 Å². The SMILES string of the molecule is CCC(=O)NCC(=O)N[C@H](CC)c1ncc(-c2ccccc2)[nH]1. The van der Waals surface area contributed by atoms with Crippen LogP contribution in [0.1, 0.15) is 38.6 Å². The molecule has 23 heavy (non-hydrogen) atoms. The first-order chi connectivity index (χ1) is 11.1. The van der Waals surface area contributed by atoms with E-state index in [2.05, 4.69) is 20.6 Å². The van der Waals surface area contributed by atoms with Crippen LogP contribution in [0.25, 0.3) is 11.3 Å². The first kappa shape index (κ1) is 16.7. The molecular weight excluding hydrogens is 292 g/mol. The van der Waals surface area contributed by atoms with Crippen molar-refractivity contribution in [1.82, 2.24) is 20.6 Å². The molecule has 0 spiro atoms. The summed E-state index contributed by atoms with van der Waals surface area (Å²) >= 11 is 0. The van der Waals surface area contributed by atoms with Gasteiger partial charge in [0.05, 0.1) is 24.5 Å². The number of carbonyl (C=O) groups excluding carboxylic acids is 2. The fraction of sp³-hybridized carbons (Fsp3) is 0.353. The zero-order valence-electron chi connectivity index (χ0n) is 13.4. The van der Waals surface area contributed by atoms with E-state index in [-0.39, 0.29) is 24.4 Å². The van der Waals surface area contributed by atoms with E-state index < -0.39 is 0 Å². The van der Waals surface area contributed by atoms with Crippen LogP contribution in [0.2, 0.25) is 0 Å². The molecular formula is C17H22N4O2. The minimum absolute atomic E-state index is 0.0184. The Morgan fingerprint density at radius 2 is 1.91 bits per heavy atom. The number of imidazole rings is 1. The highest BCUT2D eigenvalue weighted by Gasteiger charge is 2.16. The smallest absolute Gasteiger partial charge is 0.239 e. The number of aromatic amines is 1. The number of benzene rings is 1. The fourth-order valence-electron chi connectivity index (χ4n) is 2.19. The van der Waals surface area contributed by atoms with Crippen molar-refractivity contribution in [2.24, 2.45) is 0 Å². The number of amides is 2. The third-order valence-electron chi connectivity index (χ3n) is 3.52. The van der Waals surface area contributed by atoms with Gasteiger partial charge in [-0.3, -0.25) is 9.59 Å². The Bertz CT molecular complexity index is 652. The molecule has 122 valence electrons. The molecule has 2 aromatic rings. The molecule has 0 aliphatic heterocycles. The third-order valence-corrected chi connectivity index (χ3v) is 3.52. The second kappa shape index (κ2) is 8.12. The van der Waals surface area contributed by atoms with Crippen molar-refractivity contribution in [3.63, 3.8) is 0 Å². The summed E-state index contributed by atoms with van der Waals surface area (Å²) in [5.41, 5.74) is 1.95. The van der Waals surface area contributed by atoms with Gasteiger partial charge in [-0.2, -0.15) is 0 Å². The second-order valence-corrected chi connectivity index (χ2v) is 5.21. The maximum absolute atomic E-state index is 11.9. The number of carbonyl (C=O) groups is 2. The summed E-state index contributed by atoms with van der Waals surface area (Å²) in [4.78, 5) is 30.7. The number of nitrogens with one attached hydrogen (secondary N) is 3. The third kappa shape index (κ3) is 4.67. The molecule has 1 heterocycles. The van der Waals surface area contributed by atoms with E-state index in [0.717, 1.165) is 11.3 Å². The van der Waals surface area contributed by atoms with Crippen LogP contribution in [0, 0.1) is 0 Å². The van der Waals surface area contributed by atoms with Crippen LogP contribution in [0.15, 0.2) is 36.5 Å². The van der Waals surface area contributed by atoms with Gasteiger partial charge in [0.25, 0.3) is 0 Å². The van der Waals surface area contributed by atoms with Crippen molar-refractivity contribution in [3.8, 4) is 11.3 Å². The molecule has 0 radical (unpaired) electrons. The van der Waals surface area contributed by atoms with Gasteiger partial charge in [0.2, 0.25) is 11.8 Å². The number of hydrogen-bond donors (Lipinski definition) is 3. The first-order valence-corrected chi connectivity index (χ1v) is 7.80. The molecule has 2 rings (SSSR count). The molecule has 0 aliphatic rings. The predicted octanol–water partition coefficient (Wildman–Crippen LogP) is 2.17. The summed E-state index contributed by atoms with van der Waals surface area (Å²) in [7, 11) is 0. The van der Waals surface area contributed by atoms with E-state index in [1.807, 2.05) is 37.3 Å². The highest BCUT2D eigenvalue weighted by atomic mass is 16.2. The van der Waals surface area contributed by atoms with Crippen LogP contribution in [0.3, 0.4) is 0 Å². The molecule has 2 amide bonds. The molecule has 1 atom stereocenters. The summed E-state index contributed by atoms with van der Waals surface area (Å²) < 4.78 is 0. The van der Waals surface area contributed by atoms with Crippen molar-refractivity contribution in [3.05, 3.63) is 42.4 Å². The molecule has 0 fully saturated rings. The summed E-state index contributed by atoms with van der Waals surface area (Å²) in [5.74, 6) is 0.343. The first-order valence-electron chi connectivity index (χ1n) is 7.80. The lowest BCUT2D eigenvalue weighted by atomic mass is 10.2. The molecule has 0 saturated carbocycles. The molecule has 0 saturated heterocycles. The quantitative estimate of drug-likeness (QED) is 0.732. The van der Waals surface area contributed by atoms with Crippen LogP contribution >= 0.6 is 0 Å². The molecule has 0 bridgehead atoms. The largest absolute Gasteiger partial charge is 0.347 e. The monoisotopic (exact) mass is 314 g/mol. The van der Waals surface area contributed by atoms with Gasteiger partial charge in [-0.1, -0.05) is 44.2 Å². The maximum atomic E-state index is 11.9. The number of nitrogens with zero attached hydrogens (tertiary/aromatic N) is 1. The van der Waals surface area contributed by atoms with Gasteiger partial charge >= 0.3 is 0 Å². The predicted molar refractivity (Wildman–Crippen MR) is 88.5 cm³/mol. The average Bonchev–Trinajstić information content (AvgIpc) is 3.08. The molecule has 1 aromatic carbocycles. The van der Waals surface area contributed by atoms with Crippen LogP contribution in [-0.2, 0) is 9.59 Å². The number of aromatic nitrogens is 2. The molecule has 0 aliphatic carbocycles. The number of H-pyrrole nitrogens is 1. The maximum Gasteiger partial charge on any atom is 0.239 e. The van der Waals surface area contributed by atoms with E-state index >= 15 is 0 Å². The van der Waals surface area contributed by atoms with Gasteiger partial charge < -0.3 is 15.6 Å². The standard InChI is InChI=1S/C17H22N4O2/c1-3-13(20-16(23)11-18-15(22)4-2)17-19-10-14(21-17)12-8-6-5-7-9-12/h5-10,13H,3-4,11H2,1-2H3,(H,18,22)(H,19,21)(H,20,23)/t13-/m1/s1. The van der Waals surface area contributed by atoms with Crippen LogP contribution in [-0.4, -0.2) is 28.3 Å². The average molecular weight is 314 g/mol. The molecule has 6 heteroatoms. The lowest BCUT2D eigenvalue weighted by molar-refractivity contribution is -0.126. The van der Waals surface area contributed by atoms with Crippen LogP contribution in [0.4, 0.5) is 0 Å². The Morgan fingerprint density at radius 1 is 1.17 bits per heavy atom. The molecule has 6 nitrogen and oxygen atoms in total. The van der Waals surface area contributed by atoms with Crippen molar-refractivity contribution >= 4 is 11.8 Å². The Morgan fingerprint density at radius 3 is 2.57 bits per heavy atom. The second-order valence-electron chi connectivity index (χ2n) is 5.21. The van der Waals surface area contributed by atoms with Crippen molar-refractivity contribution in [2.75, 3.05) is 6.54 Å². The minimum Gasteiger partial charge on any atom is -0.347 e. The van der Waals surface area contributed by atoms with Crippen molar-refractivity contribution in [1.29, 1.82) is 0 Å². The fourth-order valence-corrected chi connectivity index (χ4v) is 2.19. The summed E-state index contributed by atoms with van der Waals surface area (Å²) in [6.07, 6.45) is 2.83. The number of hydrogen-bond acceptors (Lipinski definition) is 3. The van der Waals surface area contributed by atoms with E-state index in [4.69, 9.17) is 0 Å². The van der Waals surface area contributed by atoms with E-state index in [1.54, 1.807) is 13.1 Å². The molecule has 1 aromatic heterocycles. The zero-order chi connectivity index (χ0) is 16.7. The van der Waals surface area contributed by atoms with E-state index in [1.165, 1.54) is 0 Å². The normalized spacial score (nSPS) is 11.7. The Balaban J connectivity index is 2.00. The molecule has 0 unspecified atom stereocenters. The van der Waals surface area contributed by atoms with Crippen molar-refractivity contribution < 1.29 is 9.59 Å². The summed E-state index contributed by atoms with van der Waals surface area (Å²) in [6, 6.07) is 9.67. The topological polar surface area (TPSA) is 86.9 Å². The lowest BCUT2D eigenvalue weighted by Crippen LogP contribution is -2.38. The van der Waals surface area contributed by atoms with Gasteiger partial charge in [-0.15, -0.1) is 0 Å². The lowest BCUT2D eigenvalue weighted by Gasteiger charge is -2.15. The van der Waals surface area contributed by atoms with Gasteiger partial charge in [0, 0.05) is 6.42 Å². The minimum atomic E-state index is -0.226. The Labute approximate surface area is 135 Å². The van der Waals surface area contributed by atoms with Gasteiger partial charge in [0.15, 0.2) is 0 Å². The molecule has 3 N–H and O–H groups in total. The van der Waals surface area contributed by atoms with Gasteiger partial charge in [0.1, 0.15) is 5.82 Å². The van der Waals surface area contributed by atoms with E-state index in [0.29, 0.717) is 18.7 Å². The van der Waals surface area contributed by atoms with Gasteiger partial charge in [-0.25, -0.2) is 4.98 Å². The summed E-state index contributed by atoms with van der Waals surface area (Å²) in [6.45, 7) is 3.70. The zero-order valence-corrected chi connectivity index (χ0v) is 13.4. The highest BCUT2D eigenvalue weighted by molar-refractivity contribution is 5.84.